The molecule has 1 aromatic heterocycles. The van der Waals surface area contributed by atoms with Gasteiger partial charge < -0.3 is 10.1 Å². The van der Waals surface area contributed by atoms with Gasteiger partial charge in [0.15, 0.2) is 0 Å². The molecule has 5 heteroatoms. The summed E-state index contributed by atoms with van der Waals surface area (Å²) in [5.41, 5.74) is 0. The Labute approximate surface area is 115 Å². The summed E-state index contributed by atoms with van der Waals surface area (Å²) < 4.78 is 7.92. The number of aromatic nitrogens is 3. The maximum absolute atomic E-state index is 5.94. The fourth-order valence-corrected chi connectivity index (χ4v) is 2.65. The second kappa shape index (κ2) is 7.60. The molecule has 1 N–H and O–H groups in total. The van der Waals surface area contributed by atoms with E-state index in [9.17, 15) is 0 Å². The van der Waals surface area contributed by atoms with E-state index in [1.807, 2.05) is 4.68 Å². The summed E-state index contributed by atoms with van der Waals surface area (Å²) in [6.07, 6.45) is 7.64. The molecule has 1 aliphatic rings. The van der Waals surface area contributed by atoms with Crippen molar-refractivity contribution in [3.63, 3.8) is 0 Å². The summed E-state index contributed by atoms with van der Waals surface area (Å²) in [5.74, 6) is 1.06. The minimum atomic E-state index is 0.322. The molecule has 0 aliphatic carbocycles. The molecule has 0 aromatic carbocycles. The van der Waals surface area contributed by atoms with Crippen LogP contribution in [-0.2, 0) is 17.7 Å². The topological polar surface area (TPSA) is 52.0 Å². The Balaban J connectivity index is 1.99. The van der Waals surface area contributed by atoms with E-state index in [2.05, 4.69) is 29.2 Å². The number of rotatable bonds is 7. The van der Waals surface area contributed by atoms with E-state index in [0.29, 0.717) is 12.1 Å². The average Bonchev–Trinajstić information content (AvgIpc) is 2.91. The van der Waals surface area contributed by atoms with Crippen molar-refractivity contribution in [1.29, 1.82) is 0 Å². The molecule has 1 fully saturated rings. The smallest absolute Gasteiger partial charge is 0.138 e. The number of nitrogens with one attached hydrogen (secondary N) is 1. The lowest BCUT2D eigenvalue weighted by Gasteiger charge is -2.31. The second-order valence-corrected chi connectivity index (χ2v) is 5.16. The molecule has 1 saturated heterocycles. The number of ether oxygens (including phenoxy) is 1. The fraction of sp³-hybridized carbons (Fsp3) is 0.857. The van der Waals surface area contributed by atoms with Gasteiger partial charge in [-0.2, -0.15) is 5.10 Å². The van der Waals surface area contributed by atoms with Crippen molar-refractivity contribution in [1.82, 2.24) is 20.1 Å². The summed E-state index contributed by atoms with van der Waals surface area (Å²) in [7, 11) is 0. The van der Waals surface area contributed by atoms with Crippen molar-refractivity contribution in [2.45, 2.75) is 64.6 Å². The zero-order valence-electron chi connectivity index (χ0n) is 12.1. The summed E-state index contributed by atoms with van der Waals surface area (Å²) >= 11 is 0. The summed E-state index contributed by atoms with van der Waals surface area (Å²) in [5, 5.41) is 7.87. The molecule has 0 radical (unpaired) electrons. The van der Waals surface area contributed by atoms with Gasteiger partial charge in [0.1, 0.15) is 12.2 Å². The van der Waals surface area contributed by atoms with Gasteiger partial charge in [-0.3, -0.25) is 4.68 Å². The van der Waals surface area contributed by atoms with Crippen molar-refractivity contribution in [2.24, 2.45) is 0 Å². The molecule has 108 valence electrons. The molecule has 2 unspecified atom stereocenters. The average molecular weight is 266 g/mol. The maximum atomic E-state index is 5.94. The Bertz CT molecular complexity index is 360. The molecule has 2 heterocycles. The van der Waals surface area contributed by atoms with Crippen LogP contribution in [0.3, 0.4) is 0 Å². The molecule has 1 aliphatic heterocycles. The van der Waals surface area contributed by atoms with Gasteiger partial charge in [-0.1, -0.05) is 6.92 Å². The third-order valence-corrected chi connectivity index (χ3v) is 3.72. The Morgan fingerprint density at radius 1 is 1.47 bits per heavy atom. The first kappa shape index (κ1) is 14.5. The van der Waals surface area contributed by atoms with Crippen molar-refractivity contribution in [2.75, 3.05) is 13.2 Å². The van der Waals surface area contributed by atoms with Crippen LogP contribution >= 0.6 is 0 Å². The lowest BCUT2D eigenvalue weighted by Crippen LogP contribution is -2.45. The van der Waals surface area contributed by atoms with E-state index in [4.69, 9.17) is 4.74 Å². The molecular formula is C14H26N4O. The van der Waals surface area contributed by atoms with E-state index >= 15 is 0 Å². The monoisotopic (exact) mass is 266 g/mol. The van der Waals surface area contributed by atoms with Crippen LogP contribution in [0.15, 0.2) is 6.33 Å². The molecule has 1 aromatic rings. The van der Waals surface area contributed by atoms with Gasteiger partial charge in [-0.05, 0) is 39.2 Å². The highest BCUT2D eigenvalue weighted by atomic mass is 16.5. The molecule has 0 bridgehead atoms. The summed E-state index contributed by atoms with van der Waals surface area (Å²) in [4.78, 5) is 4.39. The zero-order chi connectivity index (χ0) is 13.5. The Morgan fingerprint density at radius 3 is 3.05 bits per heavy atom. The van der Waals surface area contributed by atoms with Crippen LogP contribution in [0.1, 0.15) is 45.4 Å². The third kappa shape index (κ3) is 4.01. The van der Waals surface area contributed by atoms with E-state index in [1.165, 1.54) is 12.8 Å². The van der Waals surface area contributed by atoms with Crippen LogP contribution in [0.25, 0.3) is 0 Å². The first-order valence-electron chi connectivity index (χ1n) is 7.56. The molecule has 0 amide bonds. The van der Waals surface area contributed by atoms with Crippen molar-refractivity contribution >= 4 is 0 Å². The van der Waals surface area contributed by atoms with Crippen LogP contribution in [0.4, 0.5) is 0 Å². The predicted octanol–water partition coefficient (Wildman–Crippen LogP) is 1.78. The largest absolute Gasteiger partial charge is 0.377 e. The molecule has 2 rings (SSSR count). The zero-order valence-corrected chi connectivity index (χ0v) is 12.1. The number of nitrogens with zero attached hydrogens (tertiary/aromatic N) is 3. The van der Waals surface area contributed by atoms with E-state index in [-0.39, 0.29) is 0 Å². The van der Waals surface area contributed by atoms with E-state index in [0.717, 1.165) is 44.8 Å². The first-order valence-corrected chi connectivity index (χ1v) is 7.56. The van der Waals surface area contributed by atoms with Gasteiger partial charge >= 0.3 is 0 Å². The normalized spacial score (nSPS) is 21.5. The Morgan fingerprint density at radius 2 is 2.37 bits per heavy atom. The van der Waals surface area contributed by atoms with Crippen LogP contribution in [0.5, 0.6) is 0 Å². The van der Waals surface area contributed by atoms with Crippen molar-refractivity contribution < 1.29 is 4.74 Å². The quantitative estimate of drug-likeness (QED) is 0.817. The SMILES string of the molecule is CCCNC(Cc1ncnn1CC)C1CCCCO1. The standard InChI is InChI=1S/C14H26N4O/c1-3-8-15-12(13-7-5-6-9-19-13)10-14-16-11-17-18(14)4-2/h11-13,15H,3-10H2,1-2H3. The van der Waals surface area contributed by atoms with Crippen molar-refractivity contribution in [3.8, 4) is 0 Å². The van der Waals surface area contributed by atoms with E-state index < -0.39 is 0 Å². The molecule has 5 nitrogen and oxygen atoms in total. The lowest BCUT2D eigenvalue weighted by molar-refractivity contribution is -0.00794. The third-order valence-electron chi connectivity index (χ3n) is 3.72. The summed E-state index contributed by atoms with van der Waals surface area (Å²) in [6, 6.07) is 0.356. The van der Waals surface area contributed by atoms with E-state index in [1.54, 1.807) is 6.33 Å². The highest BCUT2D eigenvalue weighted by Crippen LogP contribution is 2.18. The number of aryl methyl sites for hydroxylation is 1. The van der Waals surface area contributed by atoms with Gasteiger partial charge in [0.2, 0.25) is 0 Å². The van der Waals surface area contributed by atoms with Crippen LogP contribution < -0.4 is 5.32 Å². The Kier molecular flexibility index (Phi) is 5.79. The first-order chi connectivity index (χ1) is 9.35. The predicted molar refractivity (Wildman–Crippen MR) is 75.1 cm³/mol. The number of hydrogen-bond donors (Lipinski definition) is 1. The highest BCUT2D eigenvalue weighted by molar-refractivity contribution is 4.93. The summed E-state index contributed by atoms with van der Waals surface area (Å²) in [6.45, 7) is 7.10. The van der Waals surface area contributed by atoms with Crippen LogP contribution in [0, 0.1) is 0 Å². The Hall–Kier alpha value is -0.940. The van der Waals surface area contributed by atoms with Crippen LogP contribution in [-0.4, -0.2) is 40.1 Å². The van der Waals surface area contributed by atoms with Gasteiger partial charge in [0.05, 0.1) is 6.10 Å². The fourth-order valence-electron chi connectivity index (χ4n) is 2.65. The van der Waals surface area contributed by atoms with Gasteiger partial charge in [-0.25, -0.2) is 4.98 Å². The number of hydrogen-bond acceptors (Lipinski definition) is 4. The minimum absolute atomic E-state index is 0.322. The highest BCUT2D eigenvalue weighted by Gasteiger charge is 2.25. The van der Waals surface area contributed by atoms with Gasteiger partial charge in [0, 0.05) is 25.6 Å². The molecule has 0 saturated carbocycles. The molecular weight excluding hydrogens is 240 g/mol. The molecule has 19 heavy (non-hydrogen) atoms. The molecule has 0 spiro atoms. The minimum Gasteiger partial charge on any atom is -0.377 e. The van der Waals surface area contributed by atoms with Crippen LogP contribution in [0.2, 0.25) is 0 Å². The maximum Gasteiger partial charge on any atom is 0.138 e. The molecule has 2 atom stereocenters. The lowest BCUT2D eigenvalue weighted by atomic mass is 9.99. The van der Waals surface area contributed by atoms with Crippen molar-refractivity contribution in [3.05, 3.63) is 12.2 Å². The van der Waals surface area contributed by atoms with Gasteiger partial charge in [-0.15, -0.1) is 0 Å². The second-order valence-electron chi connectivity index (χ2n) is 5.16. The van der Waals surface area contributed by atoms with Gasteiger partial charge in [0.25, 0.3) is 0 Å².